The molecule has 1 atom stereocenters. The first-order valence-corrected chi connectivity index (χ1v) is 12.0. The number of hydrogen-bond donors (Lipinski definition) is 1. The molecule has 0 radical (unpaired) electrons. The monoisotopic (exact) mass is 544 g/mol. The molecule has 0 bridgehead atoms. The summed E-state index contributed by atoms with van der Waals surface area (Å²) >= 11 is 0. The highest BCUT2D eigenvalue weighted by Gasteiger charge is 2.43. The second kappa shape index (κ2) is 11.7. The van der Waals surface area contributed by atoms with E-state index in [1.54, 1.807) is 37.2 Å². The summed E-state index contributed by atoms with van der Waals surface area (Å²) in [7, 11) is 3.52. The van der Waals surface area contributed by atoms with Gasteiger partial charge in [-0.05, 0) is 55.3 Å². The summed E-state index contributed by atoms with van der Waals surface area (Å²) in [6.07, 6.45) is -9.08. The molecule has 0 spiro atoms. The SMILES string of the molecule is CN(C)CCN(Cc1ccccc1C(F)(F)F)C(=O)C(N)c1cccc2c1CCCN(C(=O)C(F)(F)F)C2. The number of hydrogen-bond acceptors (Lipinski definition) is 4. The van der Waals surface area contributed by atoms with Crippen molar-refractivity contribution in [2.45, 2.75) is 44.3 Å². The molecule has 0 saturated heterocycles. The van der Waals surface area contributed by atoms with Gasteiger partial charge in [-0.25, -0.2) is 0 Å². The van der Waals surface area contributed by atoms with Crippen LogP contribution in [-0.4, -0.2) is 66.4 Å². The molecule has 3 rings (SSSR count). The minimum absolute atomic E-state index is 0.0764. The number of rotatable bonds is 7. The van der Waals surface area contributed by atoms with Crippen molar-refractivity contribution in [1.29, 1.82) is 0 Å². The summed E-state index contributed by atoms with van der Waals surface area (Å²) in [6, 6.07) is 8.47. The number of carbonyl (C=O) groups is 2. The van der Waals surface area contributed by atoms with Crippen LogP contribution in [-0.2, 0) is 35.3 Å². The largest absolute Gasteiger partial charge is 0.471 e. The van der Waals surface area contributed by atoms with E-state index in [0.717, 1.165) is 11.0 Å². The van der Waals surface area contributed by atoms with Crippen LogP contribution >= 0.6 is 0 Å². The Morgan fingerprint density at radius 2 is 1.68 bits per heavy atom. The summed E-state index contributed by atoms with van der Waals surface area (Å²) in [5.74, 6) is -2.54. The van der Waals surface area contributed by atoms with Crippen LogP contribution in [0.25, 0.3) is 0 Å². The molecule has 1 heterocycles. The highest BCUT2D eigenvalue weighted by atomic mass is 19.4. The molecule has 1 aliphatic rings. The Morgan fingerprint density at radius 1 is 1.00 bits per heavy atom. The standard InChI is InChI=1S/C26H30F6N4O2/c1-34(2)13-14-35(16-18-7-3-4-11-21(18)25(27,28)29)23(37)22(33)20-9-5-8-17-15-36(12-6-10-19(17)20)24(38)26(30,31)32/h3-5,7-9,11,22H,6,10,12-16,33H2,1-2H3. The molecule has 1 aliphatic heterocycles. The second-order valence-electron chi connectivity index (χ2n) is 9.51. The maximum absolute atomic E-state index is 13.6. The zero-order valence-electron chi connectivity index (χ0n) is 21.1. The summed E-state index contributed by atoms with van der Waals surface area (Å²) in [4.78, 5) is 29.2. The second-order valence-corrected chi connectivity index (χ2v) is 9.51. The average molecular weight is 545 g/mol. The maximum Gasteiger partial charge on any atom is 0.471 e. The van der Waals surface area contributed by atoms with Crippen molar-refractivity contribution in [2.24, 2.45) is 5.73 Å². The number of amides is 2. The van der Waals surface area contributed by atoms with E-state index >= 15 is 0 Å². The van der Waals surface area contributed by atoms with Gasteiger partial charge in [0.15, 0.2) is 0 Å². The van der Waals surface area contributed by atoms with Gasteiger partial charge in [0.2, 0.25) is 5.91 Å². The lowest BCUT2D eigenvalue weighted by Gasteiger charge is -2.29. The zero-order valence-corrected chi connectivity index (χ0v) is 21.1. The van der Waals surface area contributed by atoms with Crippen molar-refractivity contribution < 1.29 is 35.9 Å². The number of halogens is 6. The van der Waals surface area contributed by atoms with E-state index in [1.165, 1.54) is 23.1 Å². The van der Waals surface area contributed by atoms with Gasteiger partial charge in [-0.2, -0.15) is 26.3 Å². The quantitative estimate of drug-likeness (QED) is 0.533. The maximum atomic E-state index is 13.6. The molecule has 0 saturated carbocycles. The van der Waals surface area contributed by atoms with Crippen molar-refractivity contribution >= 4 is 11.8 Å². The molecule has 2 N–H and O–H groups in total. The smallest absolute Gasteiger partial charge is 0.335 e. The Morgan fingerprint density at radius 3 is 2.32 bits per heavy atom. The average Bonchev–Trinajstić information content (AvgIpc) is 3.06. The van der Waals surface area contributed by atoms with Crippen molar-refractivity contribution in [2.75, 3.05) is 33.7 Å². The number of likely N-dealkylation sites (N-methyl/N-ethyl adjacent to an activating group) is 1. The van der Waals surface area contributed by atoms with E-state index in [9.17, 15) is 35.9 Å². The summed E-state index contributed by atoms with van der Waals surface area (Å²) in [5, 5.41) is 0. The van der Waals surface area contributed by atoms with Crippen LogP contribution in [0.15, 0.2) is 42.5 Å². The third kappa shape index (κ3) is 7.04. The van der Waals surface area contributed by atoms with Crippen molar-refractivity contribution in [3.05, 3.63) is 70.3 Å². The van der Waals surface area contributed by atoms with E-state index in [-0.39, 0.29) is 38.2 Å². The molecule has 2 aromatic carbocycles. The minimum Gasteiger partial charge on any atom is -0.335 e. The third-order valence-corrected chi connectivity index (χ3v) is 6.47. The lowest BCUT2D eigenvalue weighted by atomic mass is 9.92. The van der Waals surface area contributed by atoms with Crippen LogP contribution in [0.3, 0.4) is 0 Å². The number of benzene rings is 2. The molecule has 0 aliphatic carbocycles. The molecule has 208 valence electrons. The van der Waals surface area contributed by atoms with E-state index in [0.29, 0.717) is 29.7 Å². The van der Waals surface area contributed by atoms with Gasteiger partial charge in [-0.15, -0.1) is 0 Å². The van der Waals surface area contributed by atoms with Gasteiger partial charge in [0.25, 0.3) is 0 Å². The summed E-state index contributed by atoms with van der Waals surface area (Å²) < 4.78 is 79.8. The van der Waals surface area contributed by atoms with Crippen LogP contribution in [0.1, 0.15) is 40.3 Å². The topological polar surface area (TPSA) is 69.9 Å². The molecule has 0 aromatic heterocycles. The predicted molar refractivity (Wildman–Crippen MR) is 129 cm³/mol. The third-order valence-electron chi connectivity index (χ3n) is 6.47. The van der Waals surface area contributed by atoms with Gasteiger partial charge in [0.1, 0.15) is 6.04 Å². The fourth-order valence-electron chi connectivity index (χ4n) is 4.54. The molecule has 2 amide bonds. The van der Waals surface area contributed by atoms with Gasteiger partial charge in [-0.1, -0.05) is 36.4 Å². The summed E-state index contributed by atoms with van der Waals surface area (Å²) in [5.41, 5.74) is 6.86. The van der Waals surface area contributed by atoms with Gasteiger partial charge < -0.3 is 20.4 Å². The zero-order chi connectivity index (χ0) is 28.3. The molecule has 6 nitrogen and oxygen atoms in total. The minimum atomic E-state index is -5.01. The van der Waals surface area contributed by atoms with Gasteiger partial charge in [0.05, 0.1) is 5.56 Å². The summed E-state index contributed by atoms with van der Waals surface area (Å²) in [6.45, 7) is -0.244. The highest BCUT2D eigenvalue weighted by Crippen LogP contribution is 2.33. The fraction of sp³-hybridized carbons (Fsp3) is 0.462. The Kier molecular flexibility index (Phi) is 9.09. The van der Waals surface area contributed by atoms with Crippen LogP contribution in [0.2, 0.25) is 0 Å². The van der Waals surface area contributed by atoms with Crippen LogP contribution in [0.4, 0.5) is 26.3 Å². The molecule has 12 heteroatoms. The Labute approximate surface area is 217 Å². The molecular formula is C26H30F6N4O2. The number of fused-ring (bicyclic) bond motifs is 1. The normalized spacial score (nSPS) is 15.2. The Bertz CT molecular complexity index is 1150. The van der Waals surface area contributed by atoms with E-state index < -0.39 is 35.8 Å². The van der Waals surface area contributed by atoms with E-state index in [4.69, 9.17) is 5.73 Å². The predicted octanol–water partition coefficient (Wildman–Crippen LogP) is 4.13. The van der Waals surface area contributed by atoms with Crippen LogP contribution < -0.4 is 5.73 Å². The van der Waals surface area contributed by atoms with Gasteiger partial charge >= 0.3 is 18.3 Å². The van der Waals surface area contributed by atoms with Crippen molar-refractivity contribution in [3.8, 4) is 0 Å². The van der Waals surface area contributed by atoms with Crippen LogP contribution in [0, 0.1) is 0 Å². The molecule has 38 heavy (non-hydrogen) atoms. The number of carbonyl (C=O) groups excluding carboxylic acids is 2. The molecule has 2 aromatic rings. The lowest BCUT2D eigenvalue weighted by molar-refractivity contribution is -0.186. The van der Waals surface area contributed by atoms with Crippen molar-refractivity contribution in [1.82, 2.24) is 14.7 Å². The fourth-order valence-corrected chi connectivity index (χ4v) is 4.54. The first-order chi connectivity index (χ1) is 17.7. The molecule has 1 unspecified atom stereocenters. The number of nitrogens with two attached hydrogens (primary N) is 1. The lowest BCUT2D eigenvalue weighted by Crippen LogP contribution is -2.42. The Balaban J connectivity index is 1.92. The van der Waals surface area contributed by atoms with Gasteiger partial charge in [-0.3, -0.25) is 9.59 Å². The van der Waals surface area contributed by atoms with Crippen molar-refractivity contribution in [3.63, 3.8) is 0 Å². The molecule has 0 fully saturated rings. The first kappa shape index (κ1) is 29.4. The van der Waals surface area contributed by atoms with E-state index in [1.807, 2.05) is 0 Å². The first-order valence-electron chi connectivity index (χ1n) is 12.0. The Hall–Kier alpha value is -3.12. The van der Waals surface area contributed by atoms with E-state index in [2.05, 4.69) is 0 Å². The number of nitrogens with zero attached hydrogens (tertiary/aromatic N) is 3. The highest BCUT2D eigenvalue weighted by molar-refractivity contribution is 5.84. The van der Waals surface area contributed by atoms with Gasteiger partial charge in [0, 0.05) is 32.7 Å². The number of alkyl halides is 6. The van der Waals surface area contributed by atoms with Crippen LogP contribution in [0.5, 0.6) is 0 Å². The molecular weight excluding hydrogens is 514 g/mol.